The number of aromatic hydroxyl groups is 1. The number of aromatic nitrogens is 1. The van der Waals surface area contributed by atoms with Gasteiger partial charge >= 0.3 is 0 Å². The van der Waals surface area contributed by atoms with E-state index in [0.717, 1.165) is 30.2 Å². The first-order chi connectivity index (χ1) is 12.7. The van der Waals surface area contributed by atoms with Crippen LogP contribution in [0.4, 0.5) is 5.69 Å². The van der Waals surface area contributed by atoms with Gasteiger partial charge in [0, 0.05) is 18.4 Å². The van der Waals surface area contributed by atoms with E-state index in [-0.39, 0.29) is 11.8 Å². The molecule has 1 aromatic carbocycles. The molecule has 5 heteroatoms. The van der Waals surface area contributed by atoms with Crippen LogP contribution in [0.5, 0.6) is 5.88 Å². The second-order valence-electron chi connectivity index (χ2n) is 6.81. The van der Waals surface area contributed by atoms with Crippen molar-refractivity contribution in [3.05, 3.63) is 24.3 Å². The number of carbonyl (C=O) groups excluding carboxylic acids is 1. The molecule has 0 saturated heterocycles. The molecule has 2 rings (SSSR count). The maximum atomic E-state index is 12.0. The molecule has 0 aliphatic rings. The van der Waals surface area contributed by atoms with Crippen LogP contribution in [-0.2, 0) is 11.3 Å². The van der Waals surface area contributed by atoms with Crippen LogP contribution in [0, 0.1) is 0 Å². The smallest absolute Gasteiger partial charge is 0.264 e. The van der Waals surface area contributed by atoms with Gasteiger partial charge in [-0.15, -0.1) is 10.2 Å². The van der Waals surface area contributed by atoms with E-state index in [4.69, 9.17) is 0 Å². The fraction of sp³-hybridized carbons (Fsp3) is 0.571. The zero-order valence-corrected chi connectivity index (χ0v) is 16.1. The summed E-state index contributed by atoms with van der Waals surface area (Å²) in [5.74, 6) is -0.134. The molecule has 26 heavy (non-hydrogen) atoms. The first-order valence-electron chi connectivity index (χ1n) is 9.93. The van der Waals surface area contributed by atoms with Crippen molar-refractivity contribution < 1.29 is 9.90 Å². The number of unbranched alkanes of at least 4 members (excludes halogenated alkanes) is 6. The number of nitrogens with zero attached hydrogens (tertiary/aromatic N) is 3. The molecule has 0 aliphatic heterocycles. The quantitative estimate of drug-likeness (QED) is 0.368. The second kappa shape index (κ2) is 10.7. The highest BCUT2D eigenvalue weighted by atomic mass is 16.3. The van der Waals surface area contributed by atoms with Crippen LogP contribution in [0.15, 0.2) is 34.5 Å². The first-order valence-corrected chi connectivity index (χ1v) is 9.93. The summed E-state index contributed by atoms with van der Waals surface area (Å²) in [5, 5.41) is 19.2. The van der Waals surface area contributed by atoms with Gasteiger partial charge in [0.15, 0.2) is 5.69 Å². The van der Waals surface area contributed by atoms with Gasteiger partial charge in [0.05, 0.1) is 5.52 Å². The van der Waals surface area contributed by atoms with Gasteiger partial charge < -0.3 is 9.67 Å². The monoisotopic (exact) mass is 357 g/mol. The summed E-state index contributed by atoms with van der Waals surface area (Å²) in [6, 6.07) is 7.68. The highest BCUT2D eigenvalue weighted by Crippen LogP contribution is 2.38. The van der Waals surface area contributed by atoms with Crippen molar-refractivity contribution in [2.45, 2.75) is 78.2 Å². The summed E-state index contributed by atoms with van der Waals surface area (Å²) in [4.78, 5) is 12.0. The number of hydrogen-bond donors (Lipinski definition) is 1. The molecule has 0 aliphatic carbocycles. The molecule has 0 saturated carbocycles. The topological polar surface area (TPSA) is 66.9 Å². The van der Waals surface area contributed by atoms with E-state index in [1.165, 1.54) is 32.1 Å². The van der Waals surface area contributed by atoms with Crippen LogP contribution in [0.3, 0.4) is 0 Å². The Morgan fingerprint density at radius 3 is 2.42 bits per heavy atom. The highest BCUT2D eigenvalue weighted by molar-refractivity contribution is 5.95. The van der Waals surface area contributed by atoms with Crippen molar-refractivity contribution in [3.8, 4) is 5.88 Å². The SMILES string of the molecule is CCCCCCCCCC(=O)N=Nc1c(O)n(CCC)c2ccccc12. The second-order valence-corrected chi connectivity index (χ2v) is 6.81. The number of para-hydroxylation sites is 1. The minimum absolute atomic E-state index is 0.0838. The average Bonchev–Trinajstić information content (AvgIpc) is 2.91. The van der Waals surface area contributed by atoms with Gasteiger partial charge in [0.1, 0.15) is 0 Å². The molecule has 2 aromatic rings. The lowest BCUT2D eigenvalue weighted by atomic mass is 10.1. The summed E-state index contributed by atoms with van der Waals surface area (Å²) >= 11 is 0. The van der Waals surface area contributed by atoms with E-state index in [2.05, 4.69) is 24.1 Å². The molecule has 0 fully saturated rings. The average molecular weight is 357 g/mol. The fourth-order valence-corrected chi connectivity index (χ4v) is 3.21. The molecule has 1 N–H and O–H groups in total. The standard InChI is InChI=1S/C21H31N3O2/c1-3-5-6-7-8-9-10-15-19(25)22-23-20-17-13-11-12-14-18(17)24(16-4-2)21(20)26/h11-14,26H,3-10,15-16H2,1-2H3. The molecule has 0 spiro atoms. The van der Waals surface area contributed by atoms with E-state index < -0.39 is 0 Å². The molecule has 0 unspecified atom stereocenters. The van der Waals surface area contributed by atoms with Gasteiger partial charge in [0.2, 0.25) is 5.88 Å². The summed E-state index contributed by atoms with van der Waals surface area (Å²) in [5.41, 5.74) is 1.31. The summed E-state index contributed by atoms with van der Waals surface area (Å²) in [6.45, 7) is 4.97. The third-order valence-electron chi connectivity index (χ3n) is 4.62. The number of amides is 1. The summed E-state index contributed by atoms with van der Waals surface area (Å²) in [6.07, 6.45) is 9.49. The fourth-order valence-electron chi connectivity index (χ4n) is 3.21. The molecule has 0 atom stereocenters. The van der Waals surface area contributed by atoms with Gasteiger partial charge in [-0.25, -0.2) is 0 Å². The maximum Gasteiger partial charge on any atom is 0.264 e. The van der Waals surface area contributed by atoms with Gasteiger partial charge in [-0.05, 0) is 18.9 Å². The van der Waals surface area contributed by atoms with Crippen molar-refractivity contribution in [1.29, 1.82) is 0 Å². The molecule has 142 valence electrons. The van der Waals surface area contributed by atoms with Crippen LogP contribution in [0.2, 0.25) is 0 Å². The molecule has 1 amide bonds. The number of rotatable bonds is 11. The zero-order valence-electron chi connectivity index (χ0n) is 16.1. The van der Waals surface area contributed by atoms with Crippen LogP contribution in [-0.4, -0.2) is 15.6 Å². The Bertz CT molecular complexity index is 734. The third-order valence-corrected chi connectivity index (χ3v) is 4.62. The van der Waals surface area contributed by atoms with Gasteiger partial charge in [-0.3, -0.25) is 4.79 Å². The van der Waals surface area contributed by atoms with Crippen LogP contribution >= 0.6 is 0 Å². The zero-order chi connectivity index (χ0) is 18.8. The summed E-state index contributed by atoms with van der Waals surface area (Å²) in [7, 11) is 0. The van der Waals surface area contributed by atoms with Gasteiger partial charge in [-0.1, -0.05) is 70.6 Å². The third kappa shape index (κ3) is 5.41. The maximum absolute atomic E-state index is 12.0. The van der Waals surface area contributed by atoms with Gasteiger partial charge in [-0.2, -0.15) is 0 Å². The molecule has 5 nitrogen and oxygen atoms in total. The lowest BCUT2D eigenvalue weighted by molar-refractivity contribution is -0.118. The Kier molecular flexibility index (Phi) is 8.32. The number of hydrogen-bond acceptors (Lipinski definition) is 3. The normalized spacial score (nSPS) is 11.6. The number of carbonyl (C=O) groups is 1. The van der Waals surface area contributed by atoms with Crippen molar-refractivity contribution in [2.75, 3.05) is 0 Å². The Balaban J connectivity index is 1.93. The lowest BCUT2D eigenvalue weighted by Crippen LogP contribution is -1.94. The largest absolute Gasteiger partial charge is 0.493 e. The highest BCUT2D eigenvalue weighted by Gasteiger charge is 2.15. The van der Waals surface area contributed by atoms with Crippen molar-refractivity contribution in [2.24, 2.45) is 10.2 Å². The van der Waals surface area contributed by atoms with E-state index >= 15 is 0 Å². The van der Waals surface area contributed by atoms with Gasteiger partial charge in [0.25, 0.3) is 5.91 Å². The predicted molar refractivity (Wildman–Crippen MR) is 106 cm³/mol. The van der Waals surface area contributed by atoms with E-state index in [0.29, 0.717) is 18.7 Å². The molecule has 1 heterocycles. The molecule has 0 radical (unpaired) electrons. The number of aryl methyl sites for hydroxylation is 1. The Labute approximate surface area is 156 Å². The van der Waals surface area contributed by atoms with E-state index in [1.807, 2.05) is 28.8 Å². The lowest BCUT2D eigenvalue weighted by Gasteiger charge is -2.03. The Morgan fingerprint density at radius 2 is 1.69 bits per heavy atom. The minimum Gasteiger partial charge on any atom is -0.493 e. The van der Waals surface area contributed by atoms with E-state index in [1.54, 1.807) is 0 Å². The molecular formula is C21H31N3O2. The first kappa shape index (κ1) is 20.1. The molecule has 1 aromatic heterocycles. The molecule has 0 bridgehead atoms. The number of fused-ring (bicyclic) bond motifs is 1. The van der Waals surface area contributed by atoms with Crippen LogP contribution in [0.1, 0.15) is 71.6 Å². The Hall–Kier alpha value is -2.17. The minimum atomic E-state index is -0.217. The number of azo groups is 1. The van der Waals surface area contributed by atoms with Crippen molar-refractivity contribution >= 4 is 22.5 Å². The van der Waals surface area contributed by atoms with Crippen molar-refractivity contribution in [3.63, 3.8) is 0 Å². The summed E-state index contributed by atoms with van der Waals surface area (Å²) < 4.78 is 1.82. The van der Waals surface area contributed by atoms with Crippen LogP contribution < -0.4 is 0 Å². The number of benzene rings is 1. The van der Waals surface area contributed by atoms with Crippen molar-refractivity contribution in [1.82, 2.24) is 4.57 Å². The van der Waals surface area contributed by atoms with Crippen LogP contribution in [0.25, 0.3) is 10.9 Å². The predicted octanol–water partition coefficient (Wildman–Crippen LogP) is 6.51. The Morgan fingerprint density at radius 1 is 1.00 bits per heavy atom. The molecular weight excluding hydrogens is 326 g/mol. The van der Waals surface area contributed by atoms with E-state index in [9.17, 15) is 9.90 Å².